The van der Waals surface area contributed by atoms with Gasteiger partial charge in [-0.3, -0.25) is 0 Å². The lowest BCUT2D eigenvalue weighted by Gasteiger charge is -2.27. The van der Waals surface area contributed by atoms with Crippen molar-refractivity contribution in [3.8, 4) is 0 Å². The number of carboxylic acids is 1. The predicted octanol–water partition coefficient (Wildman–Crippen LogP) is 0.652. The largest absolute Gasteiger partial charge is 0.479 e. The van der Waals surface area contributed by atoms with Gasteiger partial charge in [-0.25, -0.2) is 9.59 Å². The lowest BCUT2D eigenvalue weighted by atomic mass is 10.0. The Labute approximate surface area is 107 Å². The van der Waals surface area contributed by atoms with Gasteiger partial charge in [0.05, 0.1) is 0 Å². The summed E-state index contributed by atoms with van der Waals surface area (Å²) < 4.78 is 0. The van der Waals surface area contributed by atoms with Gasteiger partial charge in [0.25, 0.3) is 0 Å². The van der Waals surface area contributed by atoms with E-state index in [1.54, 1.807) is 4.90 Å². The molecule has 0 aromatic carbocycles. The fourth-order valence-corrected chi connectivity index (χ4v) is 2.28. The molecule has 6 heteroatoms. The highest BCUT2D eigenvalue weighted by molar-refractivity contribution is 5.75. The molecule has 0 aromatic heterocycles. The van der Waals surface area contributed by atoms with Crippen LogP contribution in [0.5, 0.6) is 0 Å². The molecular weight excluding hydrogens is 236 g/mol. The molecule has 0 aromatic rings. The van der Waals surface area contributed by atoms with Crippen molar-refractivity contribution in [3.05, 3.63) is 0 Å². The fourth-order valence-electron chi connectivity index (χ4n) is 2.28. The van der Waals surface area contributed by atoms with Gasteiger partial charge < -0.3 is 20.4 Å². The SMILES string of the molecule is CC(C)C1CCCN1C(=O)NCC[C@H](O)C(=O)O. The van der Waals surface area contributed by atoms with E-state index in [0.29, 0.717) is 5.92 Å². The molecule has 1 aliphatic heterocycles. The van der Waals surface area contributed by atoms with Crippen molar-refractivity contribution in [2.75, 3.05) is 13.1 Å². The van der Waals surface area contributed by atoms with Crippen molar-refractivity contribution in [2.45, 2.75) is 45.3 Å². The number of hydrogen-bond donors (Lipinski definition) is 3. The molecule has 0 spiro atoms. The van der Waals surface area contributed by atoms with E-state index in [1.807, 2.05) is 0 Å². The third-order valence-electron chi connectivity index (χ3n) is 3.31. The number of aliphatic carboxylic acids is 1. The number of carboxylic acid groups (broad SMARTS) is 1. The summed E-state index contributed by atoms with van der Waals surface area (Å²) in [5.74, 6) is -0.840. The summed E-state index contributed by atoms with van der Waals surface area (Å²) >= 11 is 0. The van der Waals surface area contributed by atoms with Gasteiger partial charge in [0.15, 0.2) is 6.10 Å². The fraction of sp³-hybridized carbons (Fsp3) is 0.833. The zero-order chi connectivity index (χ0) is 13.7. The molecular formula is C12H22N2O4. The Kier molecular flexibility index (Phi) is 5.40. The number of nitrogens with zero attached hydrogens (tertiary/aromatic N) is 1. The summed E-state index contributed by atoms with van der Waals surface area (Å²) in [6.45, 7) is 5.10. The minimum absolute atomic E-state index is 0.0290. The Balaban J connectivity index is 2.34. The smallest absolute Gasteiger partial charge is 0.332 e. The van der Waals surface area contributed by atoms with Crippen molar-refractivity contribution < 1.29 is 19.8 Å². The first-order valence-electron chi connectivity index (χ1n) is 6.38. The van der Waals surface area contributed by atoms with Gasteiger partial charge in [-0.05, 0) is 18.8 Å². The second kappa shape index (κ2) is 6.58. The number of urea groups is 1. The molecule has 0 radical (unpaired) electrons. The molecule has 1 saturated heterocycles. The van der Waals surface area contributed by atoms with Crippen LogP contribution in [0.1, 0.15) is 33.1 Å². The number of carbonyl (C=O) groups is 2. The Morgan fingerprint density at radius 3 is 2.67 bits per heavy atom. The Hall–Kier alpha value is -1.30. The number of likely N-dealkylation sites (tertiary alicyclic amines) is 1. The molecule has 1 rings (SSSR count). The van der Waals surface area contributed by atoms with Crippen molar-refractivity contribution in [1.29, 1.82) is 0 Å². The maximum atomic E-state index is 11.9. The molecule has 18 heavy (non-hydrogen) atoms. The van der Waals surface area contributed by atoms with E-state index < -0.39 is 12.1 Å². The summed E-state index contributed by atoms with van der Waals surface area (Å²) in [5, 5.41) is 20.2. The van der Waals surface area contributed by atoms with Gasteiger partial charge in [0, 0.05) is 25.6 Å². The summed E-state index contributed by atoms with van der Waals surface area (Å²) in [6, 6.07) is 0.0955. The molecule has 1 unspecified atom stereocenters. The molecule has 0 aliphatic carbocycles. The van der Waals surface area contributed by atoms with E-state index in [1.165, 1.54) is 0 Å². The lowest BCUT2D eigenvalue weighted by Crippen LogP contribution is -2.45. The molecule has 104 valence electrons. The highest BCUT2D eigenvalue weighted by atomic mass is 16.4. The molecule has 1 aliphatic rings. The average molecular weight is 258 g/mol. The van der Waals surface area contributed by atoms with E-state index in [4.69, 9.17) is 10.2 Å². The van der Waals surface area contributed by atoms with Crippen molar-refractivity contribution in [3.63, 3.8) is 0 Å². The van der Waals surface area contributed by atoms with E-state index in [9.17, 15) is 9.59 Å². The van der Waals surface area contributed by atoms with Crippen LogP contribution in [0.2, 0.25) is 0 Å². The van der Waals surface area contributed by atoms with E-state index in [0.717, 1.165) is 19.4 Å². The second-order valence-electron chi connectivity index (χ2n) is 5.02. The van der Waals surface area contributed by atoms with E-state index in [2.05, 4.69) is 19.2 Å². The van der Waals surface area contributed by atoms with Gasteiger partial charge in [0.2, 0.25) is 0 Å². The third kappa shape index (κ3) is 3.87. The molecule has 6 nitrogen and oxygen atoms in total. The van der Waals surface area contributed by atoms with E-state index in [-0.39, 0.29) is 25.0 Å². The third-order valence-corrected chi connectivity index (χ3v) is 3.31. The topological polar surface area (TPSA) is 89.9 Å². The van der Waals surface area contributed by atoms with Gasteiger partial charge >= 0.3 is 12.0 Å². The molecule has 3 N–H and O–H groups in total. The van der Waals surface area contributed by atoms with Crippen molar-refractivity contribution in [1.82, 2.24) is 10.2 Å². The number of carbonyl (C=O) groups excluding carboxylic acids is 1. The Bertz CT molecular complexity index is 306. The first-order chi connectivity index (χ1) is 8.43. The summed E-state index contributed by atoms with van der Waals surface area (Å²) in [5.41, 5.74) is 0. The Morgan fingerprint density at radius 2 is 2.11 bits per heavy atom. The zero-order valence-electron chi connectivity index (χ0n) is 10.9. The van der Waals surface area contributed by atoms with Gasteiger partial charge in [0.1, 0.15) is 0 Å². The molecule has 1 fully saturated rings. The summed E-state index contributed by atoms with van der Waals surface area (Å²) in [6.07, 6.45) is 0.641. The number of rotatable bonds is 5. The standard InChI is InChI=1S/C12H22N2O4/c1-8(2)9-4-3-7-14(9)12(18)13-6-5-10(15)11(16)17/h8-10,15H,3-7H2,1-2H3,(H,13,18)(H,16,17)/t9?,10-/m0/s1. The van der Waals surface area contributed by atoms with Crippen LogP contribution in [0.4, 0.5) is 4.79 Å². The zero-order valence-corrected chi connectivity index (χ0v) is 10.9. The van der Waals surface area contributed by atoms with Crippen LogP contribution in [0.15, 0.2) is 0 Å². The molecule has 0 bridgehead atoms. The van der Waals surface area contributed by atoms with Gasteiger partial charge in [-0.1, -0.05) is 13.8 Å². The van der Waals surface area contributed by atoms with Crippen LogP contribution in [-0.2, 0) is 4.79 Å². The first kappa shape index (κ1) is 14.8. The average Bonchev–Trinajstić information content (AvgIpc) is 2.77. The predicted molar refractivity (Wildman–Crippen MR) is 66.2 cm³/mol. The van der Waals surface area contributed by atoms with Crippen molar-refractivity contribution >= 4 is 12.0 Å². The molecule has 2 amide bonds. The summed E-state index contributed by atoms with van der Waals surface area (Å²) in [7, 11) is 0. The molecule has 1 heterocycles. The number of aliphatic hydroxyl groups is 1. The van der Waals surface area contributed by atoms with Crippen LogP contribution >= 0.6 is 0 Å². The molecule has 0 saturated carbocycles. The van der Waals surface area contributed by atoms with Crippen LogP contribution in [0.25, 0.3) is 0 Å². The van der Waals surface area contributed by atoms with Crippen LogP contribution in [0, 0.1) is 5.92 Å². The van der Waals surface area contributed by atoms with Crippen LogP contribution < -0.4 is 5.32 Å². The van der Waals surface area contributed by atoms with Crippen LogP contribution in [0.3, 0.4) is 0 Å². The highest BCUT2D eigenvalue weighted by Gasteiger charge is 2.30. The van der Waals surface area contributed by atoms with Crippen LogP contribution in [-0.4, -0.2) is 52.3 Å². The quantitative estimate of drug-likeness (QED) is 0.675. The molecule has 2 atom stereocenters. The Morgan fingerprint density at radius 1 is 1.44 bits per heavy atom. The van der Waals surface area contributed by atoms with Crippen molar-refractivity contribution in [2.24, 2.45) is 5.92 Å². The monoisotopic (exact) mass is 258 g/mol. The minimum atomic E-state index is -1.41. The number of hydrogen-bond acceptors (Lipinski definition) is 3. The number of amides is 2. The highest BCUT2D eigenvalue weighted by Crippen LogP contribution is 2.23. The van der Waals surface area contributed by atoms with Gasteiger partial charge in [-0.15, -0.1) is 0 Å². The lowest BCUT2D eigenvalue weighted by molar-refractivity contribution is -0.146. The maximum Gasteiger partial charge on any atom is 0.332 e. The maximum absolute atomic E-state index is 11.9. The first-order valence-corrected chi connectivity index (χ1v) is 6.38. The number of nitrogens with one attached hydrogen (secondary N) is 1. The van der Waals surface area contributed by atoms with E-state index >= 15 is 0 Å². The normalized spacial score (nSPS) is 21.1. The second-order valence-corrected chi connectivity index (χ2v) is 5.02. The number of aliphatic hydroxyl groups excluding tert-OH is 1. The van der Waals surface area contributed by atoms with Gasteiger partial charge in [-0.2, -0.15) is 0 Å². The minimum Gasteiger partial charge on any atom is -0.479 e. The summed E-state index contributed by atoms with van der Waals surface area (Å²) in [4.78, 5) is 24.1.